The van der Waals surface area contributed by atoms with Crippen LogP contribution in [0.25, 0.3) is 0 Å². The predicted octanol–water partition coefficient (Wildman–Crippen LogP) is 5.59. The molecule has 5 nitrogen and oxygen atoms in total. The molecule has 0 heterocycles. The largest absolute Gasteiger partial charge is 0.457 e. The molecule has 0 saturated heterocycles. The van der Waals surface area contributed by atoms with Gasteiger partial charge in [-0.25, -0.2) is 9.68 Å². The molecule has 0 aromatic rings. The van der Waals surface area contributed by atoms with E-state index in [0.29, 0.717) is 0 Å². The molecule has 0 spiro atoms. The molecule has 0 aliphatic heterocycles. The van der Waals surface area contributed by atoms with E-state index in [0.717, 1.165) is 77.7 Å². The molecule has 0 aromatic carbocycles. The van der Waals surface area contributed by atoms with Crippen molar-refractivity contribution in [2.24, 2.45) is 11.8 Å². The lowest BCUT2D eigenvalue weighted by Crippen LogP contribution is -2.40. The summed E-state index contributed by atoms with van der Waals surface area (Å²) in [6.07, 6.45) is 12.3. The molecule has 0 radical (unpaired) electrons. The second kappa shape index (κ2) is 11.4. The van der Waals surface area contributed by atoms with Gasteiger partial charge in [0.05, 0.1) is 7.11 Å². The Morgan fingerprint density at radius 3 is 1.88 bits per heavy atom. The number of hydrogen-bond donors (Lipinski definition) is 0. The first kappa shape index (κ1) is 21.9. The molecule has 0 N–H and O–H groups in total. The van der Waals surface area contributed by atoms with Crippen molar-refractivity contribution in [1.29, 1.82) is 0 Å². The quantitative estimate of drug-likeness (QED) is 0.175. The van der Waals surface area contributed by atoms with Crippen LogP contribution in [0.15, 0.2) is 0 Å². The number of rotatable bonds is 8. The second-order valence-corrected chi connectivity index (χ2v) is 8.09. The van der Waals surface area contributed by atoms with Gasteiger partial charge < -0.3 is 4.74 Å². The molecule has 1 atom stereocenters. The van der Waals surface area contributed by atoms with Gasteiger partial charge >= 0.3 is 11.2 Å². The van der Waals surface area contributed by atoms with Crippen LogP contribution in [0.4, 0.5) is 8.78 Å². The van der Waals surface area contributed by atoms with Gasteiger partial charge in [-0.15, -0.1) is 4.33 Å². The van der Waals surface area contributed by atoms with Crippen LogP contribution in [0.1, 0.15) is 77.0 Å². The maximum absolute atomic E-state index is 14.0. The first-order valence-corrected chi connectivity index (χ1v) is 10.4. The molecule has 0 aromatic heterocycles. The summed E-state index contributed by atoms with van der Waals surface area (Å²) >= 11 is -0.401. The Hall–Kier alpha value is -0.440. The molecule has 1 unspecified atom stereocenters. The topological polar surface area (TPSA) is 54.0 Å². The number of carbonyl (C=O) groups is 1. The van der Waals surface area contributed by atoms with Crippen LogP contribution < -0.4 is 0 Å². The average Bonchev–Trinajstić information content (AvgIpc) is 2.60. The second-order valence-electron chi connectivity index (χ2n) is 7.28. The highest BCUT2D eigenvalue weighted by Gasteiger charge is 2.47. The van der Waals surface area contributed by atoms with E-state index in [4.69, 9.17) is 4.74 Å². The zero-order valence-electron chi connectivity index (χ0n) is 15.4. The van der Waals surface area contributed by atoms with Crippen LogP contribution in [0.3, 0.4) is 0 Å². The van der Waals surface area contributed by atoms with Gasteiger partial charge in [-0.3, -0.25) is 0 Å². The summed E-state index contributed by atoms with van der Waals surface area (Å²) in [4.78, 5) is 16.2. The van der Waals surface area contributed by atoms with Gasteiger partial charge in [-0.05, 0) is 37.5 Å². The monoisotopic (exact) mass is 396 g/mol. The Morgan fingerprint density at radius 2 is 1.38 bits per heavy atom. The van der Waals surface area contributed by atoms with Gasteiger partial charge in [0.15, 0.2) is 0 Å². The molecule has 2 fully saturated rings. The maximum atomic E-state index is 14.0. The van der Waals surface area contributed by atoms with Crippen LogP contribution in [-0.2, 0) is 23.8 Å². The van der Waals surface area contributed by atoms with Crippen molar-refractivity contribution in [3.8, 4) is 0 Å². The minimum atomic E-state index is -3.84. The lowest BCUT2D eigenvalue weighted by molar-refractivity contribution is -0.448. The van der Waals surface area contributed by atoms with Crippen LogP contribution in [0.5, 0.6) is 0 Å². The molecular weight excluding hydrogens is 366 g/mol. The minimum Gasteiger partial charge on any atom is -0.457 e. The third-order valence-corrected chi connectivity index (χ3v) is 5.94. The van der Waals surface area contributed by atoms with Gasteiger partial charge in [-0.1, -0.05) is 56.4 Å². The van der Waals surface area contributed by atoms with Crippen molar-refractivity contribution >= 4 is 18.0 Å². The predicted molar refractivity (Wildman–Crippen MR) is 94.0 cm³/mol. The van der Waals surface area contributed by atoms with Crippen LogP contribution in [0.2, 0.25) is 0 Å². The Kier molecular flexibility index (Phi) is 9.59. The number of carbonyl (C=O) groups excluding carboxylic acids is 1. The van der Waals surface area contributed by atoms with E-state index in [1.165, 1.54) is 6.42 Å². The molecule has 2 saturated carbocycles. The standard InChI is InChI=1S/C18H30F2O5S/c1-22-24-25-26-18(19,20)17(21)23-16(15-12-8-5-9-13-15)14-10-6-3-2-4-7-11-14/h14-16H,2-13H2,1H3. The number of esters is 1. The maximum Gasteiger partial charge on any atom is 0.415 e. The molecular formula is C18H30F2O5S. The lowest BCUT2D eigenvalue weighted by atomic mass is 9.76. The summed E-state index contributed by atoms with van der Waals surface area (Å²) in [6.45, 7) is 0. The van der Waals surface area contributed by atoms with Crippen LogP contribution >= 0.6 is 12.0 Å². The normalized spacial score (nSPS) is 22.4. The van der Waals surface area contributed by atoms with Crippen molar-refractivity contribution in [3.63, 3.8) is 0 Å². The minimum absolute atomic E-state index is 0.166. The van der Waals surface area contributed by atoms with E-state index in [2.05, 4.69) is 14.3 Å². The highest BCUT2D eigenvalue weighted by Crippen LogP contribution is 2.39. The van der Waals surface area contributed by atoms with E-state index in [9.17, 15) is 13.6 Å². The Bertz CT molecular complexity index is 410. The lowest BCUT2D eigenvalue weighted by Gasteiger charge is -2.36. The zero-order chi connectivity index (χ0) is 18.8. The summed E-state index contributed by atoms with van der Waals surface area (Å²) in [5.74, 6) is -1.21. The SMILES string of the molecule is COOOSC(F)(F)C(=O)OC(C1CCCCCCC1)C1CCCCC1. The van der Waals surface area contributed by atoms with Crippen molar-refractivity contribution < 1.29 is 32.6 Å². The summed E-state index contributed by atoms with van der Waals surface area (Å²) in [6, 6.07) is 0. The number of hydrogen-bond acceptors (Lipinski definition) is 6. The number of halogens is 2. The number of alkyl halides is 2. The van der Waals surface area contributed by atoms with E-state index in [-0.39, 0.29) is 11.8 Å². The van der Waals surface area contributed by atoms with Gasteiger partial charge in [0.1, 0.15) is 18.1 Å². The smallest absolute Gasteiger partial charge is 0.415 e. The van der Waals surface area contributed by atoms with E-state index in [1.54, 1.807) is 0 Å². The Balaban J connectivity index is 2.03. The fraction of sp³-hybridized carbons (Fsp3) is 0.944. The summed E-state index contributed by atoms with van der Waals surface area (Å²) < 4.78 is 37.6. The molecule has 2 aliphatic carbocycles. The first-order valence-electron chi connectivity index (χ1n) is 9.68. The molecule has 0 bridgehead atoms. The molecule has 26 heavy (non-hydrogen) atoms. The third-order valence-electron chi connectivity index (χ3n) is 5.44. The summed E-state index contributed by atoms with van der Waals surface area (Å²) in [5.41, 5.74) is 0. The van der Waals surface area contributed by atoms with E-state index >= 15 is 0 Å². The average molecular weight is 396 g/mol. The Labute approximate surface area is 158 Å². The molecule has 0 amide bonds. The molecule has 152 valence electrons. The van der Waals surface area contributed by atoms with E-state index in [1.807, 2.05) is 0 Å². The van der Waals surface area contributed by atoms with Gasteiger partial charge in [0, 0.05) is 0 Å². The summed E-state index contributed by atoms with van der Waals surface area (Å²) in [7, 11) is 1.12. The fourth-order valence-electron chi connectivity index (χ4n) is 4.17. The third kappa shape index (κ3) is 6.94. The van der Waals surface area contributed by atoms with E-state index < -0.39 is 29.4 Å². The zero-order valence-corrected chi connectivity index (χ0v) is 16.2. The van der Waals surface area contributed by atoms with Gasteiger partial charge in [0.2, 0.25) is 0 Å². The molecule has 2 aliphatic rings. The molecule has 2 rings (SSSR count). The van der Waals surface area contributed by atoms with Crippen molar-refractivity contribution in [1.82, 2.24) is 0 Å². The van der Waals surface area contributed by atoms with Crippen LogP contribution in [0, 0.1) is 11.8 Å². The Morgan fingerprint density at radius 1 is 0.923 bits per heavy atom. The first-order chi connectivity index (χ1) is 12.5. The fourth-order valence-corrected chi connectivity index (χ4v) is 4.45. The highest BCUT2D eigenvalue weighted by atomic mass is 32.2. The highest BCUT2D eigenvalue weighted by molar-refractivity contribution is 7.96. The van der Waals surface area contributed by atoms with Crippen molar-refractivity contribution in [2.75, 3.05) is 7.11 Å². The van der Waals surface area contributed by atoms with Crippen molar-refractivity contribution in [2.45, 2.75) is 88.4 Å². The van der Waals surface area contributed by atoms with Crippen molar-refractivity contribution in [3.05, 3.63) is 0 Å². The summed E-state index contributed by atoms with van der Waals surface area (Å²) in [5, 5.41) is 0.123. The van der Waals surface area contributed by atoms with Gasteiger partial charge in [-0.2, -0.15) is 8.78 Å². The number of ether oxygens (including phenoxy) is 1. The molecule has 8 heteroatoms. The van der Waals surface area contributed by atoms with Crippen LogP contribution in [-0.4, -0.2) is 24.4 Å². The van der Waals surface area contributed by atoms with Gasteiger partial charge in [0.25, 0.3) is 0 Å².